The number of primary amides is 1. The van der Waals surface area contributed by atoms with E-state index in [9.17, 15) is 4.79 Å². The molecule has 19 heavy (non-hydrogen) atoms. The van der Waals surface area contributed by atoms with E-state index in [0.717, 1.165) is 48.3 Å². The maximum absolute atomic E-state index is 11.7. The summed E-state index contributed by atoms with van der Waals surface area (Å²) in [5.74, 6) is -0.321. The first kappa shape index (κ1) is 12.0. The third-order valence-corrected chi connectivity index (χ3v) is 3.84. The molecule has 1 aliphatic heterocycles. The van der Waals surface area contributed by atoms with E-state index >= 15 is 0 Å². The molecule has 4 heteroatoms. The highest BCUT2D eigenvalue weighted by Crippen LogP contribution is 2.34. The van der Waals surface area contributed by atoms with E-state index in [1.165, 1.54) is 0 Å². The molecule has 1 amide bonds. The lowest BCUT2D eigenvalue weighted by Crippen LogP contribution is -2.17. The van der Waals surface area contributed by atoms with E-state index in [1.54, 1.807) is 6.20 Å². The lowest BCUT2D eigenvalue weighted by atomic mass is 10.0. The van der Waals surface area contributed by atoms with Gasteiger partial charge in [-0.3, -0.25) is 9.78 Å². The number of nitrogens with zero attached hydrogens (tertiary/aromatic N) is 2. The molecule has 0 radical (unpaired) electrons. The van der Waals surface area contributed by atoms with E-state index in [4.69, 9.17) is 5.73 Å². The number of hydrogen-bond donors (Lipinski definition) is 1. The van der Waals surface area contributed by atoms with Crippen LogP contribution in [0.1, 0.15) is 34.5 Å². The van der Waals surface area contributed by atoms with Crippen LogP contribution >= 0.6 is 0 Å². The Bertz CT molecular complexity index is 629. The molecule has 0 aliphatic carbocycles. The van der Waals surface area contributed by atoms with Gasteiger partial charge in [0, 0.05) is 30.2 Å². The summed E-state index contributed by atoms with van der Waals surface area (Å²) in [6.45, 7) is 2.93. The van der Waals surface area contributed by atoms with Gasteiger partial charge >= 0.3 is 0 Å². The number of carbonyl (C=O) groups is 1. The number of rotatable bonds is 2. The Morgan fingerprint density at radius 1 is 1.42 bits per heavy atom. The summed E-state index contributed by atoms with van der Waals surface area (Å²) < 4.78 is 2.25. The Labute approximate surface area is 112 Å². The van der Waals surface area contributed by atoms with Crippen molar-refractivity contribution in [1.29, 1.82) is 0 Å². The molecule has 3 rings (SSSR count). The molecular formula is C15H17N3O. The van der Waals surface area contributed by atoms with Gasteiger partial charge in [-0.15, -0.1) is 0 Å². The molecule has 2 N–H and O–H groups in total. The normalized spacial score (nSPS) is 14.2. The van der Waals surface area contributed by atoms with Gasteiger partial charge in [-0.1, -0.05) is 0 Å². The largest absolute Gasteiger partial charge is 0.366 e. The second-order valence-corrected chi connectivity index (χ2v) is 5.01. The van der Waals surface area contributed by atoms with Gasteiger partial charge < -0.3 is 10.3 Å². The van der Waals surface area contributed by atoms with Crippen LogP contribution in [0, 0.1) is 6.92 Å². The SMILES string of the molecule is Cc1c(C(N)=O)c2n(c1-c1cccnc1)CCCC2. The Kier molecular flexibility index (Phi) is 2.85. The Hall–Kier alpha value is -2.10. The molecule has 3 heterocycles. The number of pyridine rings is 1. The molecule has 0 saturated heterocycles. The first-order valence-electron chi connectivity index (χ1n) is 6.62. The van der Waals surface area contributed by atoms with Crippen molar-refractivity contribution in [2.75, 3.05) is 0 Å². The lowest BCUT2D eigenvalue weighted by Gasteiger charge is -2.18. The molecule has 0 fully saturated rings. The van der Waals surface area contributed by atoms with Crippen molar-refractivity contribution in [1.82, 2.24) is 9.55 Å². The Morgan fingerprint density at radius 3 is 2.95 bits per heavy atom. The fourth-order valence-electron chi connectivity index (χ4n) is 3.08. The fraction of sp³-hybridized carbons (Fsp3) is 0.333. The average Bonchev–Trinajstić information content (AvgIpc) is 2.71. The lowest BCUT2D eigenvalue weighted by molar-refractivity contribution is 0.0998. The quantitative estimate of drug-likeness (QED) is 0.895. The van der Waals surface area contributed by atoms with Gasteiger partial charge in [0.15, 0.2) is 0 Å². The topological polar surface area (TPSA) is 60.9 Å². The van der Waals surface area contributed by atoms with Gasteiger partial charge in [-0.25, -0.2) is 0 Å². The second-order valence-electron chi connectivity index (χ2n) is 5.01. The minimum absolute atomic E-state index is 0.321. The highest BCUT2D eigenvalue weighted by molar-refractivity contribution is 5.98. The summed E-state index contributed by atoms with van der Waals surface area (Å²) >= 11 is 0. The molecule has 2 aromatic rings. The zero-order chi connectivity index (χ0) is 13.4. The predicted octanol–water partition coefficient (Wildman–Crippen LogP) is 2.29. The van der Waals surface area contributed by atoms with E-state index < -0.39 is 0 Å². The summed E-state index contributed by atoms with van der Waals surface area (Å²) in [6, 6.07) is 3.95. The van der Waals surface area contributed by atoms with E-state index in [2.05, 4.69) is 9.55 Å². The molecule has 98 valence electrons. The Morgan fingerprint density at radius 2 is 2.26 bits per heavy atom. The van der Waals surface area contributed by atoms with Crippen molar-refractivity contribution >= 4 is 5.91 Å². The molecule has 0 aromatic carbocycles. The Balaban J connectivity index is 2.28. The molecular weight excluding hydrogens is 238 g/mol. The first-order chi connectivity index (χ1) is 9.20. The summed E-state index contributed by atoms with van der Waals surface area (Å²) in [5.41, 5.74) is 10.5. The minimum atomic E-state index is -0.321. The van der Waals surface area contributed by atoms with Crippen molar-refractivity contribution in [3.63, 3.8) is 0 Å². The number of aromatic nitrogens is 2. The van der Waals surface area contributed by atoms with Crippen molar-refractivity contribution in [2.45, 2.75) is 32.7 Å². The third kappa shape index (κ3) is 1.84. The molecule has 0 atom stereocenters. The standard InChI is InChI=1S/C15H17N3O/c1-10-13(15(16)19)12-6-2-3-8-18(12)14(10)11-5-4-7-17-9-11/h4-5,7,9H,2-3,6,8H2,1H3,(H2,16,19). The summed E-state index contributed by atoms with van der Waals surface area (Å²) in [7, 11) is 0. The van der Waals surface area contributed by atoms with Gasteiger partial charge in [-0.05, 0) is 43.9 Å². The zero-order valence-corrected chi connectivity index (χ0v) is 11.0. The van der Waals surface area contributed by atoms with Crippen LogP contribution in [0.4, 0.5) is 0 Å². The van der Waals surface area contributed by atoms with Crippen LogP contribution in [-0.2, 0) is 13.0 Å². The maximum Gasteiger partial charge on any atom is 0.250 e. The van der Waals surface area contributed by atoms with E-state index in [1.807, 2.05) is 25.3 Å². The molecule has 0 bridgehead atoms. The van der Waals surface area contributed by atoms with Crippen LogP contribution in [0.5, 0.6) is 0 Å². The van der Waals surface area contributed by atoms with E-state index in [0.29, 0.717) is 5.56 Å². The number of carbonyl (C=O) groups excluding carboxylic acids is 1. The number of hydrogen-bond acceptors (Lipinski definition) is 2. The summed E-state index contributed by atoms with van der Waals surface area (Å²) in [6.07, 6.45) is 6.80. The summed E-state index contributed by atoms with van der Waals surface area (Å²) in [4.78, 5) is 15.9. The van der Waals surface area contributed by atoms with Gasteiger partial charge in [0.2, 0.25) is 0 Å². The first-order valence-corrected chi connectivity index (χ1v) is 6.62. The van der Waals surface area contributed by atoms with Crippen molar-refractivity contribution in [3.05, 3.63) is 41.3 Å². The summed E-state index contributed by atoms with van der Waals surface area (Å²) in [5, 5.41) is 0. The van der Waals surface area contributed by atoms with Crippen molar-refractivity contribution in [3.8, 4) is 11.3 Å². The van der Waals surface area contributed by atoms with Gasteiger partial charge in [-0.2, -0.15) is 0 Å². The molecule has 0 spiro atoms. The fourth-order valence-corrected chi connectivity index (χ4v) is 3.08. The van der Waals surface area contributed by atoms with Gasteiger partial charge in [0.25, 0.3) is 5.91 Å². The number of amides is 1. The zero-order valence-electron chi connectivity index (χ0n) is 11.0. The van der Waals surface area contributed by atoms with Crippen LogP contribution in [0.15, 0.2) is 24.5 Å². The molecule has 0 unspecified atom stereocenters. The predicted molar refractivity (Wildman–Crippen MR) is 73.9 cm³/mol. The highest BCUT2D eigenvalue weighted by Gasteiger charge is 2.25. The smallest absolute Gasteiger partial charge is 0.250 e. The molecule has 2 aromatic heterocycles. The number of nitrogens with two attached hydrogens (primary N) is 1. The number of fused-ring (bicyclic) bond motifs is 1. The molecule has 1 aliphatic rings. The van der Waals surface area contributed by atoms with Crippen LogP contribution in [0.3, 0.4) is 0 Å². The average molecular weight is 255 g/mol. The third-order valence-electron chi connectivity index (χ3n) is 3.84. The molecule has 0 saturated carbocycles. The van der Waals surface area contributed by atoms with Crippen molar-refractivity contribution in [2.24, 2.45) is 5.73 Å². The monoisotopic (exact) mass is 255 g/mol. The second kappa shape index (κ2) is 4.53. The van der Waals surface area contributed by atoms with Gasteiger partial charge in [0.05, 0.1) is 11.3 Å². The van der Waals surface area contributed by atoms with Crippen molar-refractivity contribution < 1.29 is 4.79 Å². The maximum atomic E-state index is 11.7. The minimum Gasteiger partial charge on any atom is -0.366 e. The van der Waals surface area contributed by atoms with Crippen LogP contribution in [0.2, 0.25) is 0 Å². The van der Waals surface area contributed by atoms with Crippen LogP contribution < -0.4 is 5.73 Å². The highest BCUT2D eigenvalue weighted by atomic mass is 16.1. The van der Waals surface area contributed by atoms with Crippen LogP contribution in [-0.4, -0.2) is 15.5 Å². The van der Waals surface area contributed by atoms with Gasteiger partial charge in [0.1, 0.15) is 0 Å². The van der Waals surface area contributed by atoms with E-state index in [-0.39, 0.29) is 5.91 Å². The van der Waals surface area contributed by atoms with Crippen LogP contribution in [0.25, 0.3) is 11.3 Å². The molecule has 4 nitrogen and oxygen atoms in total.